The van der Waals surface area contributed by atoms with Crippen molar-refractivity contribution in [3.63, 3.8) is 0 Å². The Labute approximate surface area is 116 Å². The summed E-state index contributed by atoms with van der Waals surface area (Å²) in [7, 11) is 3.28. The summed E-state index contributed by atoms with van der Waals surface area (Å²) in [5.74, 6) is -1.24. The third kappa shape index (κ3) is 3.13. The minimum absolute atomic E-state index is 0.00628. The van der Waals surface area contributed by atoms with Crippen molar-refractivity contribution < 1.29 is 19.4 Å². The van der Waals surface area contributed by atoms with Gasteiger partial charge >= 0.3 is 5.97 Å². The van der Waals surface area contributed by atoms with E-state index in [1.165, 1.54) is 11.8 Å². The average molecular weight is 282 g/mol. The van der Waals surface area contributed by atoms with Gasteiger partial charge in [-0.1, -0.05) is 5.21 Å². The van der Waals surface area contributed by atoms with Crippen LogP contribution < -0.4 is 0 Å². The van der Waals surface area contributed by atoms with E-state index in [1.807, 2.05) is 0 Å². The Morgan fingerprint density at radius 2 is 2.20 bits per heavy atom. The lowest BCUT2D eigenvalue weighted by molar-refractivity contribution is -0.131. The van der Waals surface area contributed by atoms with Crippen LogP contribution in [-0.2, 0) is 22.5 Å². The van der Waals surface area contributed by atoms with Crippen molar-refractivity contribution in [1.82, 2.24) is 19.9 Å². The predicted molar refractivity (Wildman–Crippen MR) is 68.4 cm³/mol. The van der Waals surface area contributed by atoms with E-state index < -0.39 is 5.97 Å². The van der Waals surface area contributed by atoms with Crippen LogP contribution in [0.15, 0.2) is 0 Å². The Balaban J connectivity index is 2.13. The second kappa shape index (κ2) is 6.00. The van der Waals surface area contributed by atoms with Gasteiger partial charge in [0.05, 0.1) is 12.3 Å². The molecule has 1 saturated carbocycles. The number of rotatable bonds is 7. The van der Waals surface area contributed by atoms with Crippen molar-refractivity contribution in [2.24, 2.45) is 0 Å². The average Bonchev–Trinajstić information content (AvgIpc) is 3.18. The second-order valence-electron chi connectivity index (χ2n) is 4.83. The van der Waals surface area contributed by atoms with E-state index >= 15 is 0 Å². The molecule has 0 spiro atoms. The van der Waals surface area contributed by atoms with Gasteiger partial charge in [-0.3, -0.25) is 4.79 Å². The maximum Gasteiger partial charge on any atom is 0.358 e. The van der Waals surface area contributed by atoms with Gasteiger partial charge in [0.25, 0.3) is 0 Å². The number of carbonyl (C=O) groups is 2. The molecule has 2 rings (SSSR count). The molecule has 20 heavy (non-hydrogen) atoms. The fraction of sp³-hybridized carbons (Fsp3) is 0.667. The number of amides is 1. The van der Waals surface area contributed by atoms with E-state index in [0.29, 0.717) is 24.8 Å². The highest BCUT2D eigenvalue weighted by molar-refractivity contribution is 5.86. The standard InChI is InChI=1S/C12H18N4O4/c1-15(8-3-4-8)10(17)7-16-9(5-6-20-2)11(12(18)19)13-14-16/h8H,3-7H2,1-2H3,(H,18,19). The lowest BCUT2D eigenvalue weighted by Crippen LogP contribution is -2.33. The number of aromatic nitrogens is 3. The number of nitrogens with zero attached hydrogens (tertiary/aromatic N) is 4. The van der Waals surface area contributed by atoms with Crippen LogP contribution in [0.3, 0.4) is 0 Å². The number of aromatic carboxylic acids is 1. The molecule has 0 aromatic carbocycles. The molecule has 1 N–H and O–H groups in total. The molecule has 0 saturated heterocycles. The van der Waals surface area contributed by atoms with Crippen LogP contribution in [-0.4, -0.2) is 63.7 Å². The molecule has 1 aromatic heterocycles. The maximum atomic E-state index is 12.1. The number of carbonyl (C=O) groups excluding carboxylic acids is 1. The second-order valence-corrected chi connectivity index (χ2v) is 4.83. The van der Waals surface area contributed by atoms with Gasteiger partial charge in [0.15, 0.2) is 5.69 Å². The highest BCUT2D eigenvalue weighted by Gasteiger charge is 2.30. The van der Waals surface area contributed by atoms with Gasteiger partial charge in [0.1, 0.15) is 6.54 Å². The number of methoxy groups -OCH3 is 1. The first-order valence-corrected chi connectivity index (χ1v) is 6.44. The number of likely N-dealkylation sites (N-methyl/N-ethyl adjacent to an activating group) is 1. The van der Waals surface area contributed by atoms with E-state index in [9.17, 15) is 9.59 Å². The van der Waals surface area contributed by atoms with E-state index in [0.717, 1.165) is 12.8 Å². The molecule has 0 bridgehead atoms. The van der Waals surface area contributed by atoms with Crippen LogP contribution in [0.25, 0.3) is 0 Å². The molecule has 1 amide bonds. The fourth-order valence-corrected chi connectivity index (χ4v) is 1.98. The topological polar surface area (TPSA) is 97.5 Å². The Hall–Kier alpha value is -1.96. The molecule has 1 fully saturated rings. The highest BCUT2D eigenvalue weighted by Crippen LogP contribution is 2.25. The Morgan fingerprint density at radius 1 is 1.50 bits per heavy atom. The Kier molecular flexibility index (Phi) is 4.33. The van der Waals surface area contributed by atoms with Crippen molar-refractivity contribution >= 4 is 11.9 Å². The quantitative estimate of drug-likeness (QED) is 0.743. The van der Waals surface area contributed by atoms with Crippen molar-refractivity contribution in [1.29, 1.82) is 0 Å². The summed E-state index contributed by atoms with van der Waals surface area (Å²) in [6, 6.07) is 0.312. The minimum Gasteiger partial charge on any atom is -0.476 e. The molecule has 8 nitrogen and oxygen atoms in total. The molecule has 0 atom stereocenters. The maximum absolute atomic E-state index is 12.1. The summed E-state index contributed by atoms with van der Waals surface area (Å²) < 4.78 is 6.30. The summed E-state index contributed by atoms with van der Waals surface area (Å²) in [6.07, 6.45) is 2.40. The smallest absolute Gasteiger partial charge is 0.358 e. The van der Waals surface area contributed by atoms with Gasteiger partial charge in [0.2, 0.25) is 5.91 Å². The van der Waals surface area contributed by atoms with Crippen molar-refractivity contribution in [3.05, 3.63) is 11.4 Å². The van der Waals surface area contributed by atoms with Crippen LogP contribution >= 0.6 is 0 Å². The Bertz CT molecular complexity index is 510. The first-order chi connectivity index (χ1) is 9.54. The summed E-state index contributed by atoms with van der Waals surface area (Å²) >= 11 is 0. The molecule has 0 aliphatic heterocycles. The molecule has 8 heteroatoms. The zero-order valence-corrected chi connectivity index (χ0v) is 11.6. The molecule has 1 aliphatic carbocycles. The molecule has 1 heterocycles. The number of carboxylic acids is 1. The largest absolute Gasteiger partial charge is 0.476 e. The number of carboxylic acid groups (broad SMARTS) is 1. The zero-order valence-electron chi connectivity index (χ0n) is 11.6. The lowest BCUT2D eigenvalue weighted by Gasteiger charge is -2.16. The number of hydrogen-bond acceptors (Lipinski definition) is 5. The molecular weight excluding hydrogens is 264 g/mol. The van der Waals surface area contributed by atoms with Crippen molar-refractivity contribution in [2.45, 2.75) is 31.8 Å². The van der Waals surface area contributed by atoms with E-state index in [2.05, 4.69) is 10.3 Å². The number of ether oxygens (including phenoxy) is 1. The normalized spacial score (nSPS) is 14.3. The molecule has 110 valence electrons. The summed E-state index contributed by atoms with van der Waals surface area (Å²) in [5.41, 5.74) is 0.292. The van der Waals surface area contributed by atoms with Gasteiger partial charge < -0.3 is 14.7 Å². The predicted octanol–water partition coefficient (Wildman–Crippen LogP) is -0.214. The van der Waals surface area contributed by atoms with Crippen LogP contribution in [0.1, 0.15) is 29.0 Å². The van der Waals surface area contributed by atoms with Gasteiger partial charge in [-0.25, -0.2) is 9.48 Å². The van der Waals surface area contributed by atoms with E-state index in [-0.39, 0.29) is 18.1 Å². The third-order valence-electron chi connectivity index (χ3n) is 3.36. The van der Waals surface area contributed by atoms with Crippen LogP contribution in [0.5, 0.6) is 0 Å². The van der Waals surface area contributed by atoms with Crippen molar-refractivity contribution in [2.75, 3.05) is 20.8 Å². The Morgan fingerprint density at radius 3 is 2.75 bits per heavy atom. The number of hydrogen-bond donors (Lipinski definition) is 1. The third-order valence-corrected chi connectivity index (χ3v) is 3.36. The van der Waals surface area contributed by atoms with E-state index in [1.54, 1.807) is 11.9 Å². The van der Waals surface area contributed by atoms with E-state index in [4.69, 9.17) is 9.84 Å². The summed E-state index contributed by atoms with van der Waals surface area (Å²) in [4.78, 5) is 24.8. The van der Waals surface area contributed by atoms with Gasteiger partial charge in [-0.05, 0) is 12.8 Å². The summed E-state index contributed by atoms with van der Waals surface area (Å²) in [6.45, 7) is 0.354. The van der Waals surface area contributed by atoms with Crippen molar-refractivity contribution in [3.8, 4) is 0 Å². The fourth-order valence-electron chi connectivity index (χ4n) is 1.98. The van der Waals surface area contributed by atoms with Crippen LogP contribution in [0, 0.1) is 0 Å². The first-order valence-electron chi connectivity index (χ1n) is 6.44. The SMILES string of the molecule is COCCc1c(C(=O)O)nnn1CC(=O)N(C)C1CC1. The summed E-state index contributed by atoms with van der Waals surface area (Å²) in [5, 5.41) is 16.5. The minimum atomic E-state index is -1.15. The molecule has 1 aromatic rings. The first kappa shape index (κ1) is 14.4. The molecule has 0 unspecified atom stereocenters. The molecular formula is C12H18N4O4. The highest BCUT2D eigenvalue weighted by atomic mass is 16.5. The lowest BCUT2D eigenvalue weighted by atomic mass is 10.2. The van der Waals surface area contributed by atoms with Gasteiger partial charge in [0, 0.05) is 26.6 Å². The van der Waals surface area contributed by atoms with Crippen LogP contribution in [0.4, 0.5) is 0 Å². The van der Waals surface area contributed by atoms with Gasteiger partial charge in [-0.15, -0.1) is 5.10 Å². The molecule has 0 radical (unpaired) electrons. The van der Waals surface area contributed by atoms with Gasteiger partial charge in [-0.2, -0.15) is 0 Å². The monoisotopic (exact) mass is 282 g/mol. The molecule has 1 aliphatic rings. The van der Waals surface area contributed by atoms with Crippen LogP contribution in [0.2, 0.25) is 0 Å². The zero-order chi connectivity index (χ0) is 14.7.